The quantitative estimate of drug-likeness (QED) is 0.784. The van der Waals surface area contributed by atoms with E-state index < -0.39 is 0 Å². The van der Waals surface area contributed by atoms with Crippen LogP contribution in [0, 0.1) is 0 Å². The van der Waals surface area contributed by atoms with Crippen LogP contribution in [-0.4, -0.2) is 15.5 Å². The maximum atomic E-state index is 12.2. The molecule has 0 fully saturated rings. The molecule has 0 saturated carbocycles. The van der Waals surface area contributed by atoms with Gasteiger partial charge in [-0.1, -0.05) is 6.92 Å². The zero-order valence-electron chi connectivity index (χ0n) is 11.7. The number of carbonyl (C=O) groups excluding carboxylic acids is 1. The van der Waals surface area contributed by atoms with E-state index in [9.17, 15) is 4.79 Å². The summed E-state index contributed by atoms with van der Waals surface area (Å²) in [7, 11) is 1.83. The van der Waals surface area contributed by atoms with E-state index in [1.807, 2.05) is 38.4 Å². The Labute approximate surface area is 130 Å². The normalized spacial score (nSPS) is 11.0. The molecule has 1 N–H and O–H groups in total. The molecule has 3 rings (SSSR count). The minimum atomic E-state index is -0.165. The predicted octanol–water partition coefficient (Wildman–Crippen LogP) is 3.74. The van der Waals surface area contributed by atoms with Crippen molar-refractivity contribution in [2.75, 3.05) is 5.32 Å². The fourth-order valence-electron chi connectivity index (χ4n) is 2.15. The Morgan fingerprint density at radius 3 is 2.90 bits per heavy atom. The van der Waals surface area contributed by atoms with Gasteiger partial charge in [-0.3, -0.25) is 4.79 Å². The summed E-state index contributed by atoms with van der Waals surface area (Å²) in [5, 5.41) is 2.87. The molecule has 0 unspecified atom stereocenters. The van der Waals surface area contributed by atoms with Gasteiger partial charge in [0.2, 0.25) is 0 Å². The van der Waals surface area contributed by atoms with Crippen molar-refractivity contribution in [1.82, 2.24) is 9.55 Å². The van der Waals surface area contributed by atoms with Crippen molar-refractivity contribution in [2.45, 2.75) is 13.3 Å². The summed E-state index contributed by atoms with van der Waals surface area (Å²) in [5.41, 5.74) is 2.75. The predicted molar refractivity (Wildman–Crippen MR) is 84.5 cm³/mol. The molecule has 6 heteroatoms. The fourth-order valence-corrected chi connectivity index (χ4v) is 2.67. The van der Waals surface area contributed by atoms with Crippen molar-refractivity contribution < 1.29 is 9.21 Å². The molecule has 3 aromatic rings. The summed E-state index contributed by atoms with van der Waals surface area (Å²) in [4.78, 5) is 16.6. The lowest BCUT2D eigenvalue weighted by Gasteiger charge is -2.05. The van der Waals surface area contributed by atoms with Gasteiger partial charge in [-0.25, -0.2) is 4.98 Å². The van der Waals surface area contributed by atoms with E-state index in [0.29, 0.717) is 17.3 Å². The highest BCUT2D eigenvalue weighted by Crippen LogP contribution is 2.21. The Hall–Kier alpha value is -2.08. The van der Waals surface area contributed by atoms with E-state index in [4.69, 9.17) is 4.42 Å². The lowest BCUT2D eigenvalue weighted by molar-refractivity contribution is 0.101. The first-order chi connectivity index (χ1) is 10.1. The molecule has 1 amide bonds. The fraction of sp³-hybridized carbons (Fsp3) is 0.200. The van der Waals surface area contributed by atoms with Gasteiger partial charge in [0.1, 0.15) is 11.2 Å². The third-order valence-electron chi connectivity index (χ3n) is 3.20. The molecule has 21 heavy (non-hydrogen) atoms. The summed E-state index contributed by atoms with van der Waals surface area (Å²) in [6.07, 6.45) is 2.58. The Morgan fingerprint density at radius 2 is 2.24 bits per heavy atom. The minimum absolute atomic E-state index is 0.165. The number of benzene rings is 1. The topological polar surface area (TPSA) is 60.1 Å². The lowest BCUT2D eigenvalue weighted by Crippen LogP contribution is -2.15. The van der Waals surface area contributed by atoms with E-state index in [1.54, 1.807) is 10.6 Å². The standard InChI is InChI=1S/C15H14BrN3O2/c1-3-14-18-11-7-10(4-5-13(11)21-14)17-15(20)12-6-9(16)8-19(12)2/h4-8H,3H2,1-2H3,(H,17,20). The van der Waals surface area contributed by atoms with Gasteiger partial charge in [-0.05, 0) is 40.2 Å². The molecule has 108 valence electrons. The molecule has 2 heterocycles. The van der Waals surface area contributed by atoms with E-state index in [-0.39, 0.29) is 5.91 Å². The number of nitrogens with one attached hydrogen (secondary N) is 1. The Morgan fingerprint density at radius 1 is 1.43 bits per heavy atom. The summed E-state index contributed by atoms with van der Waals surface area (Å²) in [6.45, 7) is 1.99. The number of carbonyl (C=O) groups is 1. The Kier molecular flexibility index (Phi) is 3.55. The SMILES string of the molecule is CCc1nc2cc(NC(=O)c3cc(Br)cn3C)ccc2o1. The molecule has 0 bridgehead atoms. The van der Waals surface area contributed by atoms with E-state index in [0.717, 1.165) is 22.0 Å². The van der Waals surface area contributed by atoms with Crippen LogP contribution in [-0.2, 0) is 13.5 Å². The number of halogens is 1. The minimum Gasteiger partial charge on any atom is -0.441 e. The average Bonchev–Trinajstić information content (AvgIpc) is 3.00. The molecule has 0 aliphatic carbocycles. The van der Waals surface area contributed by atoms with Crippen LogP contribution in [0.3, 0.4) is 0 Å². The second-order valence-electron chi connectivity index (χ2n) is 4.75. The van der Waals surface area contributed by atoms with Crippen molar-refractivity contribution in [1.29, 1.82) is 0 Å². The first-order valence-corrected chi connectivity index (χ1v) is 7.39. The number of rotatable bonds is 3. The number of aromatic nitrogens is 2. The van der Waals surface area contributed by atoms with Gasteiger partial charge >= 0.3 is 0 Å². The highest BCUT2D eigenvalue weighted by atomic mass is 79.9. The van der Waals surface area contributed by atoms with Gasteiger partial charge in [0, 0.05) is 29.8 Å². The molecule has 5 nitrogen and oxygen atoms in total. The van der Waals surface area contributed by atoms with Gasteiger partial charge in [0.25, 0.3) is 5.91 Å². The first-order valence-electron chi connectivity index (χ1n) is 6.59. The summed E-state index contributed by atoms with van der Waals surface area (Å²) >= 11 is 3.36. The Balaban J connectivity index is 1.87. The molecule has 0 aliphatic heterocycles. The molecule has 0 aliphatic rings. The number of anilines is 1. The zero-order valence-corrected chi connectivity index (χ0v) is 13.3. The molecule has 1 aromatic carbocycles. The number of hydrogen-bond donors (Lipinski definition) is 1. The van der Waals surface area contributed by atoms with Crippen molar-refractivity contribution in [3.63, 3.8) is 0 Å². The van der Waals surface area contributed by atoms with Crippen LogP contribution in [0.1, 0.15) is 23.3 Å². The van der Waals surface area contributed by atoms with Crippen molar-refractivity contribution in [3.05, 3.63) is 46.5 Å². The Bertz CT molecular complexity index is 820. The van der Waals surface area contributed by atoms with E-state index >= 15 is 0 Å². The van der Waals surface area contributed by atoms with Crippen LogP contribution in [0.5, 0.6) is 0 Å². The summed E-state index contributed by atoms with van der Waals surface area (Å²) < 4.78 is 8.19. The lowest BCUT2D eigenvalue weighted by atomic mass is 10.2. The largest absolute Gasteiger partial charge is 0.441 e. The molecule has 0 spiro atoms. The monoisotopic (exact) mass is 347 g/mol. The summed E-state index contributed by atoms with van der Waals surface area (Å²) in [6, 6.07) is 7.22. The second kappa shape index (κ2) is 5.37. The van der Waals surface area contributed by atoms with Gasteiger partial charge < -0.3 is 14.3 Å². The van der Waals surface area contributed by atoms with Crippen LogP contribution in [0.25, 0.3) is 11.1 Å². The maximum absolute atomic E-state index is 12.2. The van der Waals surface area contributed by atoms with Crippen molar-refractivity contribution >= 4 is 38.6 Å². The van der Waals surface area contributed by atoms with Crippen LogP contribution in [0.15, 0.2) is 39.4 Å². The molecule has 0 atom stereocenters. The van der Waals surface area contributed by atoms with Gasteiger partial charge in [0.15, 0.2) is 11.5 Å². The van der Waals surface area contributed by atoms with Crippen LogP contribution in [0.4, 0.5) is 5.69 Å². The van der Waals surface area contributed by atoms with Crippen molar-refractivity contribution in [3.8, 4) is 0 Å². The van der Waals surface area contributed by atoms with E-state index in [1.165, 1.54) is 0 Å². The second-order valence-corrected chi connectivity index (χ2v) is 5.67. The highest BCUT2D eigenvalue weighted by Gasteiger charge is 2.12. The first kappa shape index (κ1) is 13.9. The van der Waals surface area contributed by atoms with Crippen LogP contribution in [0.2, 0.25) is 0 Å². The van der Waals surface area contributed by atoms with Gasteiger partial charge in [-0.2, -0.15) is 0 Å². The third-order valence-corrected chi connectivity index (χ3v) is 3.63. The van der Waals surface area contributed by atoms with Gasteiger partial charge in [-0.15, -0.1) is 0 Å². The summed E-state index contributed by atoms with van der Waals surface area (Å²) in [5.74, 6) is 0.529. The number of oxazole rings is 1. The average molecular weight is 348 g/mol. The number of fused-ring (bicyclic) bond motifs is 1. The molecule has 2 aromatic heterocycles. The highest BCUT2D eigenvalue weighted by molar-refractivity contribution is 9.10. The van der Waals surface area contributed by atoms with Crippen LogP contribution < -0.4 is 5.32 Å². The smallest absolute Gasteiger partial charge is 0.272 e. The molecule has 0 saturated heterocycles. The molecular weight excluding hydrogens is 334 g/mol. The number of hydrogen-bond acceptors (Lipinski definition) is 3. The van der Waals surface area contributed by atoms with E-state index in [2.05, 4.69) is 26.2 Å². The zero-order chi connectivity index (χ0) is 15.0. The van der Waals surface area contributed by atoms with Gasteiger partial charge in [0.05, 0.1) is 0 Å². The van der Waals surface area contributed by atoms with Crippen LogP contribution >= 0.6 is 15.9 Å². The maximum Gasteiger partial charge on any atom is 0.272 e. The molecular formula is C15H14BrN3O2. The molecule has 0 radical (unpaired) electrons. The number of nitrogens with zero attached hydrogens (tertiary/aromatic N) is 2. The van der Waals surface area contributed by atoms with Crippen molar-refractivity contribution in [2.24, 2.45) is 7.05 Å². The number of amides is 1. The number of aryl methyl sites for hydroxylation is 2. The third kappa shape index (κ3) is 2.71.